The molecule has 5 nitrogen and oxygen atoms in total. The highest BCUT2D eigenvalue weighted by Gasteiger charge is 2.33. The number of aryl methyl sites for hydroxylation is 1. The van der Waals surface area contributed by atoms with Gasteiger partial charge >= 0.3 is 0 Å². The Morgan fingerprint density at radius 3 is 2.58 bits per heavy atom. The molecule has 0 amide bonds. The summed E-state index contributed by atoms with van der Waals surface area (Å²) in [5, 5.41) is 3.16. The first-order chi connectivity index (χ1) is 11.2. The van der Waals surface area contributed by atoms with Gasteiger partial charge in [-0.15, -0.1) is 0 Å². The summed E-state index contributed by atoms with van der Waals surface area (Å²) in [6.45, 7) is 5.67. The summed E-state index contributed by atoms with van der Waals surface area (Å²) in [7, 11) is -3.43. The number of nitrogens with one attached hydrogen (secondary N) is 1. The second-order valence-corrected chi connectivity index (χ2v) is 8.70. The van der Waals surface area contributed by atoms with Gasteiger partial charge in [-0.25, -0.2) is 13.4 Å². The molecule has 2 aromatic rings. The van der Waals surface area contributed by atoms with E-state index in [9.17, 15) is 8.42 Å². The van der Waals surface area contributed by atoms with Gasteiger partial charge in [-0.05, 0) is 56.8 Å². The van der Waals surface area contributed by atoms with E-state index in [-0.39, 0.29) is 10.9 Å². The van der Waals surface area contributed by atoms with E-state index in [1.807, 2.05) is 26.8 Å². The van der Waals surface area contributed by atoms with Crippen molar-refractivity contribution in [2.45, 2.75) is 37.0 Å². The lowest BCUT2D eigenvalue weighted by Crippen LogP contribution is -2.35. The predicted octanol–water partition coefficient (Wildman–Crippen LogP) is 3.33. The van der Waals surface area contributed by atoms with Gasteiger partial charge in [-0.2, -0.15) is 0 Å². The second kappa shape index (κ2) is 5.82. The Kier molecular flexibility index (Phi) is 4.09. The topological polar surface area (TPSA) is 68.3 Å². The fourth-order valence-electron chi connectivity index (χ4n) is 2.60. The lowest BCUT2D eigenvalue weighted by molar-refractivity contribution is 0.0940. The Balaban J connectivity index is 1.94. The smallest absolute Gasteiger partial charge is 0.263 e. The molecule has 1 aromatic heterocycles. The van der Waals surface area contributed by atoms with Gasteiger partial charge < -0.3 is 10.1 Å². The average Bonchev–Trinajstić information content (AvgIpc) is 2.47. The van der Waals surface area contributed by atoms with Crippen molar-refractivity contribution in [2.24, 2.45) is 0 Å². The van der Waals surface area contributed by atoms with Crippen LogP contribution in [0, 0.1) is 6.92 Å². The molecule has 126 valence electrons. The van der Waals surface area contributed by atoms with E-state index in [1.54, 1.807) is 30.5 Å². The van der Waals surface area contributed by atoms with Crippen LogP contribution < -0.4 is 5.32 Å². The molecule has 0 atom stereocenters. The molecule has 0 fully saturated rings. The fraction of sp³-hybridized carbons (Fsp3) is 0.294. The van der Waals surface area contributed by atoms with Crippen molar-refractivity contribution in [3.8, 4) is 0 Å². The third kappa shape index (κ3) is 3.27. The molecule has 24 heavy (non-hydrogen) atoms. The van der Waals surface area contributed by atoms with Crippen LogP contribution in [-0.4, -0.2) is 18.6 Å². The summed E-state index contributed by atoms with van der Waals surface area (Å²) in [4.78, 5) is 4.62. The van der Waals surface area contributed by atoms with Crippen LogP contribution in [0.5, 0.6) is 0 Å². The van der Waals surface area contributed by atoms with Crippen molar-refractivity contribution < 1.29 is 13.2 Å². The van der Waals surface area contributed by atoms with E-state index < -0.39 is 15.4 Å². The lowest BCUT2D eigenvalue weighted by atomic mass is 9.96. The normalized spacial score (nSPS) is 16.0. The molecule has 1 aromatic carbocycles. The molecular weight excluding hydrogens is 344 g/mol. The first kappa shape index (κ1) is 16.9. The van der Waals surface area contributed by atoms with Crippen LogP contribution in [0.15, 0.2) is 41.4 Å². The van der Waals surface area contributed by atoms with Crippen molar-refractivity contribution in [2.75, 3.05) is 5.32 Å². The molecule has 0 bridgehead atoms. The van der Waals surface area contributed by atoms with Crippen LogP contribution in [0.3, 0.4) is 0 Å². The molecule has 3 rings (SSSR count). The van der Waals surface area contributed by atoms with Crippen LogP contribution in [0.25, 0.3) is 0 Å². The molecule has 0 saturated heterocycles. The van der Waals surface area contributed by atoms with Crippen molar-refractivity contribution in [3.63, 3.8) is 0 Å². The second-order valence-electron chi connectivity index (χ2n) is 6.34. The highest BCUT2D eigenvalue weighted by Crippen LogP contribution is 2.35. The number of sulfone groups is 1. The lowest BCUT2D eigenvalue weighted by Gasteiger charge is -2.33. The maximum atomic E-state index is 12.6. The van der Waals surface area contributed by atoms with Gasteiger partial charge in [0.2, 0.25) is 0 Å². The van der Waals surface area contributed by atoms with Crippen molar-refractivity contribution in [3.05, 3.63) is 53.2 Å². The number of ether oxygens (including phenoxy) is 1. The Bertz CT molecular complexity index is 904. The van der Waals surface area contributed by atoms with Crippen LogP contribution in [0.4, 0.5) is 5.82 Å². The number of anilines is 1. The number of nitrogens with zero attached hydrogens (tertiary/aromatic N) is 1. The number of rotatable bonds is 3. The minimum atomic E-state index is -3.43. The zero-order chi connectivity index (χ0) is 17.5. The molecule has 1 aliphatic heterocycles. The number of benzene rings is 1. The molecule has 0 radical (unpaired) electrons. The van der Waals surface area contributed by atoms with E-state index in [4.69, 9.17) is 17.0 Å². The summed E-state index contributed by atoms with van der Waals surface area (Å²) in [5.74, 6) is 0.490. The van der Waals surface area contributed by atoms with Crippen LogP contribution >= 0.6 is 12.2 Å². The number of hydrogen-bond acceptors (Lipinski definition) is 5. The van der Waals surface area contributed by atoms with Gasteiger partial charge in [0.05, 0.1) is 10.6 Å². The molecule has 0 spiro atoms. The van der Waals surface area contributed by atoms with E-state index in [2.05, 4.69) is 10.3 Å². The third-order valence-electron chi connectivity index (χ3n) is 3.90. The Hall–Kier alpha value is -1.99. The quantitative estimate of drug-likeness (QED) is 0.845. The third-order valence-corrected chi connectivity index (χ3v) is 5.79. The maximum Gasteiger partial charge on any atom is 0.263 e. The minimum absolute atomic E-state index is 0.114. The highest BCUT2D eigenvalue weighted by molar-refractivity contribution is 7.90. The number of thiocarbonyl (C=S) groups is 1. The van der Waals surface area contributed by atoms with E-state index in [0.29, 0.717) is 16.3 Å². The highest BCUT2D eigenvalue weighted by atomic mass is 32.2. The Morgan fingerprint density at radius 2 is 1.92 bits per heavy atom. The van der Waals surface area contributed by atoms with Gasteiger partial charge in [-0.3, -0.25) is 0 Å². The molecule has 1 N–H and O–H groups in total. The van der Waals surface area contributed by atoms with Crippen LogP contribution in [0.2, 0.25) is 0 Å². The molecular formula is C17H18N2O3S2. The van der Waals surface area contributed by atoms with Gasteiger partial charge in [-0.1, -0.05) is 17.7 Å². The van der Waals surface area contributed by atoms with Gasteiger partial charge in [0, 0.05) is 11.8 Å². The Morgan fingerprint density at radius 1 is 1.25 bits per heavy atom. The van der Waals surface area contributed by atoms with Gasteiger partial charge in [0.1, 0.15) is 11.4 Å². The maximum absolute atomic E-state index is 12.6. The fourth-order valence-corrected chi connectivity index (χ4v) is 4.22. The Labute approximate surface area is 147 Å². The first-order valence-electron chi connectivity index (χ1n) is 7.46. The molecule has 0 saturated carbocycles. The van der Waals surface area contributed by atoms with E-state index >= 15 is 0 Å². The molecule has 1 aliphatic rings. The summed E-state index contributed by atoms with van der Waals surface area (Å²) >= 11 is 5.06. The zero-order valence-corrected chi connectivity index (χ0v) is 15.3. The van der Waals surface area contributed by atoms with Crippen molar-refractivity contribution >= 4 is 33.0 Å². The zero-order valence-electron chi connectivity index (χ0n) is 13.7. The monoisotopic (exact) mass is 362 g/mol. The standard InChI is InChI=1S/C17H18N2O3S2/c1-11-4-6-13(7-5-11)24(20,21)10-12-8-14-15(18-9-12)19-16(23)22-17(14,2)3/h4-9H,10H2,1-3H3,(H,18,19,23). The first-order valence-corrected chi connectivity index (χ1v) is 9.52. The molecule has 0 aliphatic carbocycles. The molecule has 2 heterocycles. The number of pyridine rings is 1. The van der Waals surface area contributed by atoms with E-state index in [0.717, 1.165) is 11.1 Å². The summed E-state index contributed by atoms with van der Waals surface area (Å²) in [5.41, 5.74) is 1.76. The molecule has 7 heteroatoms. The summed E-state index contributed by atoms with van der Waals surface area (Å²) in [6, 6.07) is 8.65. The van der Waals surface area contributed by atoms with Gasteiger partial charge in [0.25, 0.3) is 5.17 Å². The minimum Gasteiger partial charge on any atom is -0.460 e. The number of hydrogen-bond donors (Lipinski definition) is 1. The number of aromatic nitrogens is 1. The van der Waals surface area contributed by atoms with Crippen molar-refractivity contribution in [1.82, 2.24) is 4.98 Å². The number of fused-ring (bicyclic) bond motifs is 1. The molecule has 0 unspecified atom stereocenters. The summed E-state index contributed by atoms with van der Waals surface area (Å²) in [6.07, 6.45) is 1.56. The van der Waals surface area contributed by atoms with Crippen LogP contribution in [-0.2, 0) is 25.9 Å². The largest absolute Gasteiger partial charge is 0.460 e. The van der Waals surface area contributed by atoms with E-state index in [1.165, 1.54) is 0 Å². The van der Waals surface area contributed by atoms with Crippen molar-refractivity contribution in [1.29, 1.82) is 0 Å². The predicted molar refractivity (Wildman–Crippen MR) is 96.6 cm³/mol. The van der Waals surface area contributed by atoms with Crippen LogP contribution in [0.1, 0.15) is 30.5 Å². The SMILES string of the molecule is Cc1ccc(S(=O)(=O)Cc2cnc3c(c2)C(C)(C)OC(=S)N3)cc1. The van der Waals surface area contributed by atoms with Gasteiger partial charge in [0.15, 0.2) is 9.84 Å². The average molecular weight is 362 g/mol. The summed E-state index contributed by atoms with van der Waals surface area (Å²) < 4.78 is 30.8.